The van der Waals surface area contributed by atoms with Crippen molar-refractivity contribution in [1.82, 2.24) is 14.8 Å². The van der Waals surface area contributed by atoms with Crippen LogP contribution in [0.15, 0.2) is 53.3 Å². The standard InChI is InChI=1S/C17H20BrN3O/c1-20(2)8-9-21(13-14-6-4-3-5-7-14)17(22)15-10-16(18)12-19-11-15/h3-7,10-12H,8-9,13H2,1-2H3. The maximum absolute atomic E-state index is 12.8. The van der Waals surface area contributed by atoms with Crippen molar-refractivity contribution in [2.75, 3.05) is 27.2 Å². The fourth-order valence-electron chi connectivity index (χ4n) is 2.09. The van der Waals surface area contributed by atoms with E-state index in [0.717, 1.165) is 16.6 Å². The summed E-state index contributed by atoms with van der Waals surface area (Å²) in [5, 5.41) is 0. The first-order chi connectivity index (χ1) is 10.6. The largest absolute Gasteiger partial charge is 0.333 e. The molecule has 0 unspecified atom stereocenters. The highest BCUT2D eigenvalue weighted by Gasteiger charge is 2.17. The number of carbonyl (C=O) groups is 1. The van der Waals surface area contributed by atoms with E-state index < -0.39 is 0 Å². The van der Waals surface area contributed by atoms with E-state index >= 15 is 0 Å². The van der Waals surface area contributed by atoms with E-state index in [2.05, 4.69) is 25.8 Å². The van der Waals surface area contributed by atoms with Gasteiger partial charge in [-0.25, -0.2) is 0 Å². The average molecular weight is 362 g/mol. The van der Waals surface area contributed by atoms with Crippen LogP contribution in [0.1, 0.15) is 15.9 Å². The second-order valence-corrected chi connectivity index (χ2v) is 6.32. The van der Waals surface area contributed by atoms with E-state index in [0.29, 0.717) is 18.7 Å². The Morgan fingerprint density at radius 3 is 2.50 bits per heavy atom. The number of amides is 1. The molecule has 0 N–H and O–H groups in total. The Kier molecular flexibility index (Phi) is 6.10. The third kappa shape index (κ3) is 4.93. The van der Waals surface area contributed by atoms with Crippen molar-refractivity contribution < 1.29 is 4.79 Å². The van der Waals surface area contributed by atoms with Crippen molar-refractivity contribution in [2.24, 2.45) is 0 Å². The minimum Gasteiger partial charge on any atom is -0.333 e. The van der Waals surface area contributed by atoms with Crippen molar-refractivity contribution in [3.63, 3.8) is 0 Å². The lowest BCUT2D eigenvalue weighted by molar-refractivity contribution is 0.0731. The van der Waals surface area contributed by atoms with Crippen molar-refractivity contribution in [1.29, 1.82) is 0 Å². The molecule has 0 saturated heterocycles. The molecule has 0 radical (unpaired) electrons. The van der Waals surface area contributed by atoms with Gasteiger partial charge in [0.25, 0.3) is 5.91 Å². The number of hydrogen-bond acceptors (Lipinski definition) is 3. The van der Waals surface area contributed by atoms with Gasteiger partial charge in [-0.15, -0.1) is 0 Å². The summed E-state index contributed by atoms with van der Waals surface area (Å²) < 4.78 is 0.811. The van der Waals surface area contributed by atoms with Gasteiger partial charge in [0.1, 0.15) is 0 Å². The number of rotatable bonds is 6. The summed E-state index contributed by atoms with van der Waals surface area (Å²) >= 11 is 3.37. The summed E-state index contributed by atoms with van der Waals surface area (Å²) in [7, 11) is 4.01. The van der Waals surface area contributed by atoms with Crippen LogP contribution >= 0.6 is 15.9 Å². The Hall–Kier alpha value is -1.72. The zero-order chi connectivity index (χ0) is 15.9. The van der Waals surface area contributed by atoms with Crippen molar-refractivity contribution in [3.8, 4) is 0 Å². The minimum atomic E-state index is -0.000460. The zero-order valence-electron chi connectivity index (χ0n) is 12.9. The van der Waals surface area contributed by atoms with Gasteiger partial charge in [-0.05, 0) is 41.7 Å². The fourth-order valence-corrected chi connectivity index (χ4v) is 2.45. The number of carbonyl (C=O) groups excluding carboxylic acids is 1. The first-order valence-electron chi connectivity index (χ1n) is 7.15. The van der Waals surface area contributed by atoms with Gasteiger partial charge >= 0.3 is 0 Å². The molecule has 0 bridgehead atoms. The van der Waals surface area contributed by atoms with Gasteiger partial charge in [-0.3, -0.25) is 9.78 Å². The summed E-state index contributed by atoms with van der Waals surface area (Å²) in [4.78, 5) is 20.8. The van der Waals surface area contributed by atoms with Crippen molar-refractivity contribution in [3.05, 3.63) is 64.4 Å². The zero-order valence-corrected chi connectivity index (χ0v) is 14.5. The molecule has 22 heavy (non-hydrogen) atoms. The van der Waals surface area contributed by atoms with E-state index in [-0.39, 0.29) is 5.91 Å². The monoisotopic (exact) mass is 361 g/mol. The third-order valence-corrected chi connectivity index (χ3v) is 3.71. The van der Waals surface area contributed by atoms with Gasteiger partial charge in [-0.1, -0.05) is 30.3 Å². The van der Waals surface area contributed by atoms with Crippen LogP contribution in [0.2, 0.25) is 0 Å². The van der Waals surface area contributed by atoms with E-state index in [4.69, 9.17) is 0 Å². The molecule has 0 aliphatic heterocycles. The molecule has 0 aliphatic rings. The van der Waals surface area contributed by atoms with E-state index in [1.54, 1.807) is 12.4 Å². The quantitative estimate of drug-likeness (QED) is 0.793. The second-order valence-electron chi connectivity index (χ2n) is 5.41. The number of pyridine rings is 1. The molecular weight excluding hydrogens is 342 g/mol. The van der Waals surface area contributed by atoms with Crippen LogP contribution in [-0.2, 0) is 6.54 Å². The van der Waals surface area contributed by atoms with Crippen LogP contribution in [0.25, 0.3) is 0 Å². The molecule has 0 atom stereocenters. The molecule has 0 spiro atoms. The molecular formula is C17H20BrN3O. The lowest BCUT2D eigenvalue weighted by Gasteiger charge is -2.24. The molecule has 0 saturated carbocycles. The first-order valence-corrected chi connectivity index (χ1v) is 7.94. The molecule has 5 heteroatoms. The van der Waals surface area contributed by atoms with Crippen LogP contribution in [0, 0.1) is 0 Å². The SMILES string of the molecule is CN(C)CCN(Cc1ccccc1)C(=O)c1cncc(Br)c1. The van der Waals surface area contributed by atoms with Crippen LogP contribution in [0.3, 0.4) is 0 Å². The highest BCUT2D eigenvalue weighted by Crippen LogP contribution is 2.14. The molecule has 4 nitrogen and oxygen atoms in total. The summed E-state index contributed by atoms with van der Waals surface area (Å²) in [6, 6.07) is 11.8. The highest BCUT2D eigenvalue weighted by atomic mass is 79.9. The molecule has 1 amide bonds. The van der Waals surface area contributed by atoms with E-state index in [1.807, 2.05) is 55.4 Å². The Bertz CT molecular complexity index is 616. The third-order valence-electron chi connectivity index (χ3n) is 3.27. The van der Waals surface area contributed by atoms with Gasteiger partial charge in [0.15, 0.2) is 0 Å². The maximum Gasteiger partial charge on any atom is 0.255 e. The molecule has 2 rings (SSSR count). The Morgan fingerprint density at radius 1 is 1.14 bits per heavy atom. The second kappa shape index (κ2) is 8.06. The van der Waals surface area contributed by atoms with Gasteiger partial charge in [0, 0.05) is 36.5 Å². The smallest absolute Gasteiger partial charge is 0.255 e. The number of hydrogen-bond donors (Lipinski definition) is 0. The topological polar surface area (TPSA) is 36.4 Å². The summed E-state index contributed by atoms with van der Waals surface area (Å²) in [6.07, 6.45) is 3.29. The van der Waals surface area contributed by atoms with Gasteiger partial charge in [0.2, 0.25) is 0 Å². The molecule has 1 heterocycles. The lowest BCUT2D eigenvalue weighted by atomic mass is 10.2. The van der Waals surface area contributed by atoms with Gasteiger partial charge in [0.05, 0.1) is 5.56 Å². The van der Waals surface area contributed by atoms with Crippen molar-refractivity contribution >= 4 is 21.8 Å². The number of nitrogens with zero attached hydrogens (tertiary/aromatic N) is 3. The molecule has 1 aromatic heterocycles. The van der Waals surface area contributed by atoms with Crippen LogP contribution < -0.4 is 0 Å². The molecule has 1 aromatic carbocycles. The molecule has 0 aliphatic carbocycles. The van der Waals surface area contributed by atoms with E-state index in [9.17, 15) is 4.79 Å². The Balaban J connectivity index is 2.17. The number of aromatic nitrogens is 1. The van der Waals surface area contributed by atoms with E-state index in [1.165, 1.54) is 0 Å². The van der Waals surface area contributed by atoms with Gasteiger partial charge < -0.3 is 9.80 Å². The summed E-state index contributed by atoms with van der Waals surface area (Å²) in [5.41, 5.74) is 1.72. The number of likely N-dealkylation sites (N-methyl/N-ethyl adjacent to an activating group) is 1. The summed E-state index contributed by atoms with van der Waals surface area (Å²) in [5.74, 6) is -0.000460. The predicted octanol–water partition coefficient (Wildman–Crippen LogP) is 3.05. The molecule has 116 valence electrons. The highest BCUT2D eigenvalue weighted by molar-refractivity contribution is 9.10. The summed E-state index contributed by atoms with van der Waals surface area (Å²) in [6.45, 7) is 2.09. The molecule has 2 aromatic rings. The van der Waals surface area contributed by atoms with Crippen LogP contribution in [0.5, 0.6) is 0 Å². The number of benzene rings is 1. The number of halogens is 1. The minimum absolute atomic E-state index is 0.000460. The van der Waals surface area contributed by atoms with Crippen LogP contribution in [0.4, 0.5) is 0 Å². The maximum atomic E-state index is 12.8. The van der Waals surface area contributed by atoms with Crippen LogP contribution in [-0.4, -0.2) is 47.9 Å². The average Bonchev–Trinajstić information content (AvgIpc) is 2.51. The normalized spacial score (nSPS) is 10.7. The Labute approximate surface area is 139 Å². The fraction of sp³-hybridized carbons (Fsp3) is 0.294. The van der Waals surface area contributed by atoms with Gasteiger partial charge in [-0.2, -0.15) is 0 Å². The predicted molar refractivity (Wildman–Crippen MR) is 91.7 cm³/mol. The Morgan fingerprint density at radius 2 is 1.86 bits per heavy atom. The first kappa shape index (κ1) is 16.6. The van der Waals surface area contributed by atoms with Crippen molar-refractivity contribution in [2.45, 2.75) is 6.54 Å². The molecule has 0 fully saturated rings. The lowest BCUT2D eigenvalue weighted by Crippen LogP contribution is -2.36.